The third kappa shape index (κ3) is 4.75. The Labute approximate surface area is 178 Å². The van der Waals surface area contributed by atoms with Crippen LogP contribution in [0.15, 0.2) is 71.6 Å². The number of ether oxygens (including phenoxy) is 1. The molecule has 1 amide bonds. The van der Waals surface area contributed by atoms with Gasteiger partial charge in [0.25, 0.3) is 5.91 Å². The van der Waals surface area contributed by atoms with Crippen molar-refractivity contribution in [3.63, 3.8) is 0 Å². The van der Waals surface area contributed by atoms with Crippen LogP contribution in [0.5, 0.6) is 11.5 Å². The molecule has 0 radical (unpaired) electrons. The van der Waals surface area contributed by atoms with Crippen LogP contribution in [0.1, 0.15) is 20.7 Å². The van der Waals surface area contributed by atoms with E-state index in [1.54, 1.807) is 24.3 Å². The number of para-hydroxylation sites is 2. The van der Waals surface area contributed by atoms with Gasteiger partial charge in [-0.15, -0.1) is 0 Å². The summed E-state index contributed by atoms with van der Waals surface area (Å²) < 4.78 is 36.0. The van der Waals surface area contributed by atoms with Gasteiger partial charge < -0.3 is 25.1 Å². The second-order valence-corrected chi connectivity index (χ2v) is 7.76. The van der Waals surface area contributed by atoms with Crippen molar-refractivity contribution in [2.45, 2.75) is 4.90 Å². The molecule has 9 nitrogen and oxygen atoms in total. The van der Waals surface area contributed by atoms with Crippen LogP contribution in [0.2, 0.25) is 0 Å². The number of rotatable bonds is 7. The van der Waals surface area contributed by atoms with Crippen LogP contribution < -0.4 is 20.0 Å². The number of carbonyl (C=O) groups is 2. The van der Waals surface area contributed by atoms with Crippen LogP contribution >= 0.6 is 0 Å². The third-order valence-electron chi connectivity index (χ3n) is 4.22. The summed E-state index contributed by atoms with van der Waals surface area (Å²) in [7, 11) is -3.04. The van der Waals surface area contributed by atoms with E-state index in [2.05, 4.69) is 5.32 Å². The minimum absolute atomic E-state index is 0.0365. The Balaban J connectivity index is 1.95. The van der Waals surface area contributed by atoms with Gasteiger partial charge in [-0.25, -0.2) is 4.79 Å². The highest BCUT2D eigenvalue weighted by Gasteiger charge is 2.27. The van der Waals surface area contributed by atoms with Gasteiger partial charge in [0, 0.05) is 5.69 Å². The van der Waals surface area contributed by atoms with Gasteiger partial charge in [0.05, 0.1) is 23.9 Å². The monoisotopic (exact) mass is 442 g/mol. The van der Waals surface area contributed by atoms with Crippen LogP contribution in [0, 0.1) is 0 Å². The molecule has 10 heteroatoms. The van der Waals surface area contributed by atoms with Crippen LogP contribution in [-0.2, 0) is 10.1 Å². The molecule has 0 spiro atoms. The number of carboxylic acids is 1. The van der Waals surface area contributed by atoms with Crippen LogP contribution in [-0.4, -0.2) is 32.5 Å². The van der Waals surface area contributed by atoms with Crippen molar-refractivity contribution in [3.8, 4) is 11.5 Å². The second-order valence-electron chi connectivity index (χ2n) is 6.24. The minimum Gasteiger partial charge on any atom is -0.495 e. The highest BCUT2D eigenvalue weighted by Crippen LogP contribution is 2.29. The Morgan fingerprint density at radius 1 is 0.968 bits per heavy atom. The van der Waals surface area contributed by atoms with E-state index in [9.17, 15) is 18.0 Å². The Morgan fingerprint density at radius 2 is 1.65 bits per heavy atom. The molecule has 0 aromatic heterocycles. The van der Waals surface area contributed by atoms with Crippen LogP contribution in [0.3, 0.4) is 0 Å². The lowest BCUT2D eigenvalue weighted by Gasteiger charge is -2.15. The lowest BCUT2D eigenvalue weighted by atomic mass is 10.1. The molecule has 0 aliphatic carbocycles. The Morgan fingerprint density at radius 3 is 2.29 bits per heavy atom. The summed E-state index contributed by atoms with van der Waals surface area (Å²) >= 11 is 0. The van der Waals surface area contributed by atoms with Crippen LogP contribution in [0.25, 0.3) is 0 Å². The first-order valence-electron chi connectivity index (χ1n) is 8.83. The fourth-order valence-electron chi connectivity index (χ4n) is 2.76. The Hall–Kier alpha value is -4.05. The highest BCUT2D eigenvalue weighted by atomic mass is 32.2. The molecule has 160 valence electrons. The standard InChI is InChI=1S/C21H18N2O7S/c1-29-17-7-3-2-6-16(17)23-20(24)19-15(22)5-4-8-18(19)31(27,28)30-14-11-9-13(10-12-14)21(25)26/h2-12H,22H2,1H3,(H,23,24)(H,25,26). The number of aromatic carboxylic acids is 1. The fourth-order valence-corrected chi connectivity index (χ4v) is 3.92. The molecule has 0 atom stereocenters. The summed E-state index contributed by atoms with van der Waals surface area (Å²) in [6, 6.07) is 15.3. The zero-order chi connectivity index (χ0) is 22.6. The third-order valence-corrected chi connectivity index (χ3v) is 5.51. The number of carboxylic acid groups (broad SMARTS) is 1. The molecule has 0 aliphatic heterocycles. The average Bonchev–Trinajstić information content (AvgIpc) is 2.74. The molecule has 0 saturated heterocycles. The minimum atomic E-state index is -4.47. The predicted octanol–water partition coefficient (Wildman–Crippen LogP) is 3.00. The largest absolute Gasteiger partial charge is 0.495 e. The average molecular weight is 442 g/mol. The predicted molar refractivity (Wildman–Crippen MR) is 113 cm³/mol. The summed E-state index contributed by atoms with van der Waals surface area (Å²) in [5, 5.41) is 11.5. The maximum absolute atomic E-state index is 12.9. The number of nitrogen functional groups attached to an aromatic ring is 1. The van der Waals surface area contributed by atoms with Gasteiger partial charge in [-0.2, -0.15) is 8.42 Å². The molecule has 3 aromatic carbocycles. The molecule has 3 aromatic rings. The lowest BCUT2D eigenvalue weighted by molar-refractivity contribution is 0.0696. The van der Waals surface area contributed by atoms with E-state index in [1.807, 2.05) is 0 Å². The van der Waals surface area contributed by atoms with Gasteiger partial charge >= 0.3 is 16.1 Å². The second kappa shape index (κ2) is 8.76. The molecular formula is C21H18N2O7S. The smallest absolute Gasteiger partial charge is 0.340 e. The van der Waals surface area contributed by atoms with Crippen molar-refractivity contribution in [2.75, 3.05) is 18.2 Å². The molecule has 0 saturated carbocycles. The summed E-state index contributed by atoms with van der Waals surface area (Å²) in [4.78, 5) is 23.4. The van der Waals surface area contributed by atoms with Gasteiger partial charge in [-0.1, -0.05) is 18.2 Å². The van der Waals surface area contributed by atoms with Gasteiger partial charge in [-0.05, 0) is 48.5 Å². The number of benzene rings is 3. The highest BCUT2D eigenvalue weighted by molar-refractivity contribution is 7.87. The summed E-state index contributed by atoms with van der Waals surface area (Å²) in [6.45, 7) is 0. The van der Waals surface area contributed by atoms with Crippen molar-refractivity contribution in [1.82, 2.24) is 0 Å². The van der Waals surface area contributed by atoms with Crippen molar-refractivity contribution >= 4 is 33.4 Å². The Kier molecular flexibility index (Phi) is 6.12. The topological polar surface area (TPSA) is 145 Å². The van der Waals surface area contributed by atoms with Gasteiger partial charge in [0.2, 0.25) is 0 Å². The summed E-state index contributed by atoms with van der Waals surface area (Å²) in [5.41, 5.74) is 5.83. The molecule has 0 aliphatic rings. The molecule has 31 heavy (non-hydrogen) atoms. The number of nitrogens with two attached hydrogens (primary N) is 1. The molecule has 0 unspecified atom stereocenters. The van der Waals surface area contributed by atoms with Gasteiger partial charge in [0.1, 0.15) is 16.4 Å². The van der Waals surface area contributed by atoms with E-state index in [4.69, 9.17) is 19.8 Å². The Bertz CT molecular complexity index is 1240. The number of nitrogens with one attached hydrogen (secondary N) is 1. The number of amides is 1. The number of hydrogen-bond acceptors (Lipinski definition) is 7. The SMILES string of the molecule is COc1ccccc1NC(=O)c1c(N)cccc1S(=O)(=O)Oc1ccc(C(=O)O)cc1. The quantitative estimate of drug-likeness (QED) is 0.374. The van der Waals surface area contributed by atoms with Crippen molar-refractivity contribution in [1.29, 1.82) is 0 Å². The van der Waals surface area contributed by atoms with E-state index in [0.29, 0.717) is 11.4 Å². The molecule has 4 N–H and O–H groups in total. The lowest BCUT2D eigenvalue weighted by Crippen LogP contribution is -2.21. The van der Waals surface area contributed by atoms with E-state index in [1.165, 1.54) is 49.6 Å². The molecular weight excluding hydrogens is 424 g/mol. The molecule has 0 bridgehead atoms. The maximum atomic E-state index is 12.9. The first-order chi connectivity index (χ1) is 14.7. The first kappa shape index (κ1) is 21.7. The number of carbonyl (C=O) groups excluding carboxylic acids is 1. The summed E-state index contributed by atoms with van der Waals surface area (Å²) in [6.07, 6.45) is 0. The van der Waals surface area contributed by atoms with Crippen molar-refractivity contribution < 1.29 is 32.0 Å². The van der Waals surface area contributed by atoms with Crippen LogP contribution in [0.4, 0.5) is 11.4 Å². The van der Waals surface area contributed by atoms with Crippen molar-refractivity contribution in [2.24, 2.45) is 0 Å². The molecule has 0 heterocycles. The number of anilines is 2. The molecule has 0 fully saturated rings. The van der Waals surface area contributed by atoms with E-state index < -0.39 is 26.9 Å². The maximum Gasteiger partial charge on any atom is 0.340 e. The zero-order valence-electron chi connectivity index (χ0n) is 16.2. The summed E-state index contributed by atoms with van der Waals surface area (Å²) in [5.74, 6) is -1.68. The fraction of sp³-hybridized carbons (Fsp3) is 0.0476. The number of hydrogen-bond donors (Lipinski definition) is 3. The normalized spacial score (nSPS) is 10.9. The zero-order valence-corrected chi connectivity index (χ0v) is 17.0. The number of methoxy groups -OCH3 is 1. The molecule has 3 rings (SSSR count). The van der Waals surface area contributed by atoms with Gasteiger partial charge in [0.15, 0.2) is 0 Å². The van der Waals surface area contributed by atoms with E-state index in [-0.39, 0.29) is 22.6 Å². The van der Waals surface area contributed by atoms with E-state index in [0.717, 1.165) is 0 Å². The van der Waals surface area contributed by atoms with Gasteiger partial charge in [-0.3, -0.25) is 4.79 Å². The van der Waals surface area contributed by atoms with Crippen molar-refractivity contribution in [3.05, 3.63) is 77.9 Å². The first-order valence-corrected chi connectivity index (χ1v) is 10.2. The van der Waals surface area contributed by atoms with E-state index >= 15 is 0 Å².